The Labute approximate surface area is 99.8 Å². The van der Waals surface area contributed by atoms with Crippen molar-refractivity contribution in [3.8, 4) is 0 Å². The lowest BCUT2D eigenvalue weighted by molar-refractivity contribution is 0.592. The maximum absolute atomic E-state index is 3.64. The van der Waals surface area contributed by atoms with E-state index in [-0.39, 0.29) is 0 Å². The van der Waals surface area contributed by atoms with Crippen molar-refractivity contribution in [3.63, 3.8) is 0 Å². The molecule has 1 aromatic rings. The largest absolute Gasteiger partial charge is 0.367 e. The van der Waals surface area contributed by atoms with Crippen molar-refractivity contribution in [3.05, 3.63) is 28.2 Å². The van der Waals surface area contributed by atoms with Crippen LogP contribution in [-0.4, -0.2) is 26.2 Å². The number of halogens is 1. The third kappa shape index (κ3) is 1.91. The van der Waals surface area contributed by atoms with E-state index >= 15 is 0 Å². The van der Waals surface area contributed by atoms with Gasteiger partial charge in [0.05, 0.1) is 0 Å². The molecule has 15 heavy (non-hydrogen) atoms. The molecule has 2 nitrogen and oxygen atoms in total. The first-order valence-electron chi connectivity index (χ1n) is 5.46. The molecule has 1 N–H and O–H groups in total. The summed E-state index contributed by atoms with van der Waals surface area (Å²) in [6, 6.07) is 7.08. The van der Waals surface area contributed by atoms with Gasteiger partial charge in [0.1, 0.15) is 0 Å². The summed E-state index contributed by atoms with van der Waals surface area (Å²) in [5.41, 5.74) is 2.85. The van der Waals surface area contributed by atoms with Crippen molar-refractivity contribution in [2.24, 2.45) is 0 Å². The molecule has 0 aromatic heterocycles. The quantitative estimate of drug-likeness (QED) is 0.906. The first-order valence-corrected chi connectivity index (χ1v) is 6.25. The highest BCUT2D eigenvalue weighted by molar-refractivity contribution is 9.10. The molecule has 1 aliphatic heterocycles. The molecule has 0 amide bonds. The molecular weight excluding hydrogens is 252 g/mol. The van der Waals surface area contributed by atoms with E-state index in [1.165, 1.54) is 15.7 Å². The van der Waals surface area contributed by atoms with Gasteiger partial charge in [0, 0.05) is 29.3 Å². The average Bonchev–Trinajstić information content (AvgIpc) is 2.58. The van der Waals surface area contributed by atoms with E-state index in [1.807, 2.05) is 7.05 Å². The van der Waals surface area contributed by atoms with Crippen LogP contribution < -0.4 is 10.2 Å². The highest BCUT2D eigenvalue weighted by Gasteiger charge is 2.28. The van der Waals surface area contributed by atoms with Crippen molar-refractivity contribution in [1.82, 2.24) is 5.32 Å². The fourth-order valence-electron chi connectivity index (χ4n) is 2.41. The van der Waals surface area contributed by atoms with Gasteiger partial charge in [-0.15, -0.1) is 0 Å². The molecule has 1 atom stereocenters. The average molecular weight is 269 g/mol. The monoisotopic (exact) mass is 268 g/mol. The number of hydrogen-bond acceptors (Lipinski definition) is 2. The molecule has 0 bridgehead atoms. The van der Waals surface area contributed by atoms with Crippen LogP contribution >= 0.6 is 15.9 Å². The van der Waals surface area contributed by atoms with Gasteiger partial charge in [-0.3, -0.25) is 0 Å². The van der Waals surface area contributed by atoms with Crippen molar-refractivity contribution >= 4 is 21.6 Å². The second-order valence-electron chi connectivity index (χ2n) is 3.94. The summed E-state index contributed by atoms with van der Waals surface area (Å²) in [6.45, 7) is 4.35. The van der Waals surface area contributed by atoms with Gasteiger partial charge in [-0.1, -0.05) is 22.0 Å². The summed E-state index contributed by atoms with van der Waals surface area (Å²) in [7, 11) is 2.02. The molecule has 3 heteroatoms. The number of hydrogen-bond donors (Lipinski definition) is 1. The first kappa shape index (κ1) is 11.0. The van der Waals surface area contributed by atoms with Gasteiger partial charge in [0.25, 0.3) is 0 Å². The second kappa shape index (κ2) is 4.54. The van der Waals surface area contributed by atoms with Crippen molar-refractivity contribution in [2.75, 3.05) is 25.0 Å². The number of anilines is 1. The van der Waals surface area contributed by atoms with Gasteiger partial charge in [-0.2, -0.15) is 0 Å². The zero-order chi connectivity index (χ0) is 10.8. The minimum Gasteiger partial charge on any atom is -0.367 e. The van der Waals surface area contributed by atoms with Crippen molar-refractivity contribution in [1.29, 1.82) is 0 Å². The summed E-state index contributed by atoms with van der Waals surface area (Å²) in [5.74, 6) is 0. The zero-order valence-corrected chi connectivity index (χ0v) is 10.8. The molecule has 0 saturated heterocycles. The molecule has 1 aliphatic rings. The highest BCUT2D eigenvalue weighted by Crippen LogP contribution is 2.36. The van der Waals surface area contributed by atoms with E-state index in [1.54, 1.807) is 0 Å². The lowest BCUT2D eigenvalue weighted by Gasteiger charge is -2.25. The Balaban J connectivity index is 2.32. The fraction of sp³-hybridized carbons (Fsp3) is 0.500. The van der Waals surface area contributed by atoms with Crippen molar-refractivity contribution in [2.45, 2.75) is 19.4 Å². The van der Waals surface area contributed by atoms with Gasteiger partial charge < -0.3 is 10.2 Å². The van der Waals surface area contributed by atoms with Gasteiger partial charge in [-0.25, -0.2) is 0 Å². The van der Waals surface area contributed by atoms with Gasteiger partial charge in [-0.05, 0) is 38.1 Å². The molecule has 0 radical (unpaired) electrons. The van der Waals surface area contributed by atoms with Crippen LogP contribution in [-0.2, 0) is 6.42 Å². The Hall–Kier alpha value is -0.540. The van der Waals surface area contributed by atoms with Crippen LogP contribution in [0, 0.1) is 0 Å². The standard InChI is InChI=1S/C12H17BrN2/c1-3-15-9(8-14-2)7-10-11(13)5-4-6-12(10)15/h4-6,9,14H,3,7-8H2,1-2H3. The zero-order valence-electron chi connectivity index (χ0n) is 9.26. The maximum atomic E-state index is 3.64. The number of likely N-dealkylation sites (N-methyl/N-ethyl adjacent to an activating group) is 2. The first-order chi connectivity index (χ1) is 7.27. The lowest BCUT2D eigenvalue weighted by Crippen LogP contribution is -2.38. The third-order valence-electron chi connectivity index (χ3n) is 3.06. The number of fused-ring (bicyclic) bond motifs is 1. The van der Waals surface area contributed by atoms with Crippen LogP contribution in [0.4, 0.5) is 5.69 Å². The smallest absolute Gasteiger partial charge is 0.0455 e. The number of rotatable bonds is 3. The van der Waals surface area contributed by atoms with Gasteiger partial charge in [0.2, 0.25) is 0 Å². The summed E-state index contributed by atoms with van der Waals surface area (Å²) in [6.07, 6.45) is 1.14. The molecule has 1 aromatic carbocycles. The maximum Gasteiger partial charge on any atom is 0.0455 e. The summed E-state index contributed by atoms with van der Waals surface area (Å²) >= 11 is 3.64. The van der Waals surface area contributed by atoms with Crippen LogP contribution in [0.25, 0.3) is 0 Å². The summed E-state index contributed by atoms with van der Waals surface area (Å²) in [5, 5.41) is 3.27. The lowest BCUT2D eigenvalue weighted by atomic mass is 10.1. The predicted molar refractivity (Wildman–Crippen MR) is 68.6 cm³/mol. The molecule has 1 heterocycles. The Bertz CT molecular complexity index is 351. The van der Waals surface area contributed by atoms with Crippen LogP contribution in [0.3, 0.4) is 0 Å². The Kier molecular flexibility index (Phi) is 3.32. The fourth-order valence-corrected chi connectivity index (χ4v) is 2.93. The Morgan fingerprint density at radius 3 is 3.00 bits per heavy atom. The van der Waals surface area contributed by atoms with Crippen LogP contribution in [0.5, 0.6) is 0 Å². The molecule has 0 spiro atoms. The number of nitrogens with one attached hydrogen (secondary N) is 1. The predicted octanol–water partition coefficient (Wildman–Crippen LogP) is 2.42. The Morgan fingerprint density at radius 1 is 1.53 bits per heavy atom. The molecule has 0 aliphatic carbocycles. The minimum absolute atomic E-state index is 0.605. The Morgan fingerprint density at radius 2 is 2.33 bits per heavy atom. The minimum atomic E-state index is 0.605. The van der Waals surface area contributed by atoms with E-state index in [0.29, 0.717) is 6.04 Å². The number of nitrogens with zero attached hydrogens (tertiary/aromatic N) is 1. The molecule has 2 rings (SSSR count). The third-order valence-corrected chi connectivity index (χ3v) is 3.81. The van der Waals surface area contributed by atoms with E-state index in [4.69, 9.17) is 0 Å². The molecular formula is C12H17BrN2. The number of benzene rings is 1. The topological polar surface area (TPSA) is 15.3 Å². The normalized spacial score (nSPS) is 19.4. The molecule has 0 fully saturated rings. The van der Waals surface area contributed by atoms with E-state index in [0.717, 1.165) is 19.5 Å². The van der Waals surface area contributed by atoms with Crippen LogP contribution in [0.2, 0.25) is 0 Å². The summed E-state index contributed by atoms with van der Waals surface area (Å²) < 4.78 is 1.25. The van der Waals surface area contributed by atoms with E-state index < -0.39 is 0 Å². The van der Waals surface area contributed by atoms with Gasteiger partial charge >= 0.3 is 0 Å². The SMILES string of the molecule is CCN1c2cccc(Br)c2CC1CNC. The van der Waals surface area contributed by atoms with E-state index in [2.05, 4.69) is 51.3 Å². The molecule has 82 valence electrons. The molecule has 1 unspecified atom stereocenters. The van der Waals surface area contributed by atoms with Crippen LogP contribution in [0.15, 0.2) is 22.7 Å². The van der Waals surface area contributed by atoms with E-state index in [9.17, 15) is 0 Å². The van der Waals surface area contributed by atoms with Crippen LogP contribution in [0.1, 0.15) is 12.5 Å². The molecule has 0 saturated carbocycles. The van der Waals surface area contributed by atoms with Crippen molar-refractivity contribution < 1.29 is 0 Å². The summed E-state index contributed by atoms with van der Waals surface area (Å²) in [4.78, 5) is 2.48. The van der Waals surface area contributed by atoms with Gasteiger partial charge in [0.15, 0.2) is 0 Å². The second-order valence-corrected chi connectivity index (χ2v) is 4.79. The highest BCUT2D eigenvalue weighted by atomic mass is 79.9.